The van der Waals surface area contributed by atoms with Gasteiger partial charge in [0, 0.05) is 43.6 Å². The van der Waals surface area contributed by atoms with Gasteiger partial charge in [-0.05, 0) is 57.3 Å². The van der Waals surface area contributed by atoms with Crippen LogP contribution in [0.2, 0.25) is 0 Å². The molecule has 1 saturated heterocycles. The summed E-state index contributed by atoms with van der Waals surface area (Å²) in [6.45, 7) is 6.44. The van der Waals surface area contributed by atoms with Crippen LogP contribution in [0.15, 0.2) is 65.7 Å². The molecule has 9 nitrogen and oxygen atoms in total. The van der Waals surface area contributed by atoms with Crippen LogP contribution in [0.1, 0.15) is 24.2 Å². The van der Waals surface area contributed by atoms with Crippen LogP contribution in [0.5, 0.6) is 0 Å². The average Bonchev–Trinajstić information content (AvgIpc) is 2.84. The number of rotatable bonds is 7. The quantitative estimate of drug-likeness (QED) is 0.514. The van der Waals surface area contributed by atoms with Crippen LogP contribution in [-0.2, 0) is 9.84 Å². The lowest BCUT2D eigenvalue weighted by molar-refractivity contribution is 0.0664. The minimum atomic E-state index is -3.47. The molecule has 0 bridgehead atoms. The third kappa shape index (κ3) is 5.77. The zero-order valence-electron chi connectivity index (χ0n) is 20.1. The lowest BCUT2D eigenvalue weighted by Crippen LogP contribution is -2.47. The molecule has 184 valence electrons. The van der Waals surface area contributed by atoms with E-state index in [-0.39, 0.29) is 10.8 Å². The molecule has 1 aliphatic rings. The lowest BCUT2D eigenvalue weighted by atomic mass is 10.1. The summed E-state index contributed by atoms with van der Waals surface area (Å²) in [7, 11) is -1.42. The molecule has 0 saturated carbocycles. The first-order valence-corrected chi connectivity index (χ1v) is 13.1. The Kier molecular flexibility index (Phi) is 7.32. The van der Waals surface area contributed by atoms with Crippen molar-refractivity contribution in [3.05, 3.63) is 66.4 Å². The number of carbonyl (C=O) groups excluding carboxylic acids is 1. The fourth-order valence-electron chi connectivity index (χ4n) is 3.75. The Morgan fingerprint density at radius 3 is 2.46 bits per heavy atom. The molecule has 0 unspecified atom stereocenters. The molecule has 2 heterocycles. The first kappa shape index (κ1) is 24.6. The molecule has 4 rings (SSSR count). The van der Waals surface area contributed by atoms with Gasteiger partial charge >= 0.3 is 0 Å². The number of aromatic nitrogens is 2. The Morgan fingerprint density at radius 2 is 1.71 bits per heavy atom. The summed E-state index contributed by atoms with van der Waals surface area (Å²) >= 11 is 0. The average molecular weight is 495 g/mol. The van der Waals surface area contributed by atoms with Crippen LogP contribution in [0.3, 0.4) is 0 Å². The van der Waals surface area contributed by atoms with Crippen molar-refractivity contribution in [1.82, 2.24) is 19.8 Å². The van der Waals surface area contributed by atoms with Gasteiger partial charge in [-0.1, -0.05) is 18.2 Å². The smallest absolute Gasteiger partial charge is 0.254 e. The summed E-state index contributed by atoms with van der Waals surface area (Å²) in [5.41, 5.74) is 1.73. The molecule has 1 fully saturated rings. The largest absolute Gasteiger partial charge is 0.339 e. The maximum absolute atomic E-state index is 12.9. The number of nitrogens with one attached hydrogen (secondary N) is 2. The van der Waals surface area contributed by atoms with E-state index in [1.54, 1.807) is 62.5 Å². The van der Waals surface area contributed by atoms with Crippen molar-refractivity contribution in [2.45, 2.75) is 24.0 Å². The summed E-state index contributed by atoms with van der Waals surface area (Å²) in [6, 6.07) is 15.7. The van der Waals surface area contributed by atoms with Gasteiger partial charge in [0.1, 0.15) is 5.82 Å². The fourth-order valence-corrected chi connectivity index (χ4v) is 4.95. The standard InChI is InChI=1S/C25H30N6O3S/c1-18(2)35(33,34)22-10-5-4-9-21(22)28-23-11-12-26-25(29-23)27-20-8-6-7-19(17-20)24(32)31-15-13-30(3)14-16-31/h4-12,17-18H,13-16H2,1-3H3,(H2,26,27,28,29). The van der Waals surface area contributed by atoms with E-state index in [9.17, 15) is 13.2 Å². The number of para-hydroxylation sites is 1. The second kappa shape index (κ2) is 10.4. The highest BCUT2D eigenvalue weighted by molar-refractivity contribution is 7.92. The van der Waals surface area contributed by atoms with Crippen LogP contribution in [-0.4, -0.2) is 72.6 Å². The zero-order valence-corrected chi connectivity index (χ0v) is 20.9. The van der Waals surface area contributed by atoms with Crippen molar-refractivity contribution in [2.24, 2.45) is 0 Å². The number of piperazine rings is 1. The number of hydrogen-bond acceptors (Lipinski definition) is 8. The van der Waals surface area contributed by atoms with Crippen molar-refractivity contribution in [2.75, 3.05) is 43.9 Å². The van der Waals surface area contributed by atoms with Gasteiger partial charge in [0.15, 0.2) is 9.84 Å². The molecule has 0 radical (unpaired) electrons. The number of carbonyl (C=O) groups is 1. The molecular weight excluding hydrogens is 464 g/mol. The Bertz CT molecular complexity index is 1300. The van der Waals surface area contributed by atoms with Gasteiger partial charge in [-0.3, -0.25) is 4.79 Å². The van der Waals surface area contributed by atoms with Crippen molar-refractivity contribution < 1.29 is 13.2 Å². The summed E-state index contributed by atoms with van der Waals surface area (Å²) < 4.78 is 25.5. The number of likely N-dealkylation sites (N-methyl/N-ethyl adjacent to an activating group) is 1. The van der Waals surface area contributed by atoms with E-state index >= 15 is 0 Å². The fraction of sp³-hybridized carbons (Fsp3) is 0.320. The van der Waals surface area contributed by atoms with Crippen molar-refractivity contribution >= 4 is 38.9 Å². The summed E-state index contributed by atoms with van der Waals surface area (Å²) in [6.07, 6.45) is 1.58. The molecule has 3 aromatic rings. The molecule has 1 aliphatic heterocycles. The predicted molar refractivity (Wildman–Crippen MR) is 137 cm³/mol. The summed E-state index contributed by atoms with van der Waals surface area (Å²) in [4.78, 5) is 26.0. The Morgan fingerprint density at radius 1 is 0.971 bits per heavy atom. The molecule has 2 N–H and O–H groups in total. The van der Waals surface area contributed by atoms with Crippen LogP contribution < -0.4 is 10.6 Å². The highest BCUT2D eigenvalue weighted by Crippen LogP contribution is 2.27. The lowest BCUT2D eigenvalue weighted by Gasteiger charge is -2.32. The normalized spacial score (nSPS) is 14.7. The topological polar surface area (TPSA) is 108 Å². The first-order chi connectivity index (χ1) is 16.7. The van der Waals surface area contributed by atoms with Crippen LogP contribution in [0.4, 0.5) is 23.1 Å². The number of sulfone groups is 1. The highest BCUT2D eigenvalue weighted by atomic mass is 32.2. The Labute approximate surface area is 206 Å². The van der Waals surface area contributed by atoms with Crippen LogP contribution in [0, 0.1) is 0 Å². The maximum Gasteiger partial charge on any atom is 0.254 e. The summed E-state index contributed by atoms with van der Waals surface area (Å²) in [5.74, 6) is 0.767. The molecule has 0 spiro atoms. The van der Waals surface area contributed by atoms with Gasteiger partial charge in [-0.2, -0.15) is 4.98 Å². The van der Waals surface area contributed by atoms with Crippen LogP contribution in [0.25, 0.3) is 0 Å². The number of benzene rings is 2. The van der Waals surface area contributed by atoms with Gasteiger partial charge in [0.05, 0.1) is 15.8 Å². The van der Waals surface area contributed by atoms with E-state index < -0.39 is 15.1 Å². The van der Waals surface area contributed by atoms with Crippen molar-refractivity contribution in [3.8, 4) is 0 Å². The van der Waals surface area contributed by atoms with Gasteiger partial charge in [-0.15, -0.1) is 0 Å². The SMILES string of the molecule is CC(C)S(=O)(=O)c1ccccc1Nc1ccnc(Nc2cccc(C(=O)N3CCN(C)CC3)c2)n1. The number of anilines is 4. The third-order valence-electron chi connectivity index (χ3n) is 5.89. The first-order valence-electron chi connectivity index (χ1n) is 11.5. The zero-order chi connectivity index (χ0) is 25.0. The molecule has 2 aromatic carbocycles. The summed E-state index contributed by atoms with van der Waals surface area (Å²) in [5, 5.41) is 5.69. The third-order valence-corrected chi connectivity index (χ3v) is 8.10. The minimum absolute atomic E-state index is 0.000976. The van der Waals surface area contributed by atoms with E-state index in [0.29, 0.717) is 41.8 Å². The van der Waals surface area contributed by atoms with Gasteiger partial charge in [-0.25, -0.2) is 13.4 Å². The van der Waals surface area contributed by atoms with Gasteiger partial charge in [0.25, 0.3) is 5.91 Å². The molecule has 0 atom stereocenters. The monoisotopic (exact) mass is 494 g/mol. The van der Waals surface area contributed by atoms with Gasteiger partial charge in [0.2, 0.25) is 5.95 Å². The van der Waals surface area contributed by atoms with Crippen molar-refractivity contribution in [3.63, 3.8) is 0 Å². The minimum Gasteiger partial charge on any atom is -0.339 e. The van der Waals surface area contributed by atoms with E-state index in [4.69, 9.17) is 0 Å². The van der Waals surface area contributed by atoms with E-state index in [1.807, 2.05) is 17.0 Å². The van der Waals surface area contributed by atoms with E-state index in [0.717, 1.165) is 13.1 Å². The second-order valence-electron chi connectivity index (χ2n) is 8.78. The maximum atomic E-state index is 12.9. The van der Waals surface area contributed by atoms with E-state index in [2.05, 4.69) is 32.5 Å². The number of amides is 1. The molecule has 1 amide bonds. The Hall–Kier alpha value is -3.50. The Balaban J connectivity index is 1.51. The molecule has 10 heteroatoms. The molecule has 0 aliphatic carbocycles. The molecule has 1 aromatic heterocycles. The number of nitrogens with zero attached hydrogens (tertiary/aromatic N) is 4. The van der Waals surface area contributed by atoms with Crippen LogP contribution >= 0.6 is 0 Å². The number of hydrogen-bond donors (Lipinski definition) is 2. The predicted octanol–water partition coefficient (Wildman–Crippen LogP) is 3.53. The van der Waals surface area contributed by atoms with Crippen molar-refractivity contribution in [1.29, 1.82) is 0 Å². The highest BCUT2D eigenvalue weighted by Gasteiger charge is 2.23. The van der Waals surface area contributed by atoms with E-state index in [1.165, 1.54) is 0 Å². The molecule has 35 heavy (non-hydrogen) atoms. The molecular formula is C25H30N6O3S. The second-order valence-corrected chi connectivity index (χ2v) is 11.3. The van der Waals surface area contributed by atoms with Gasteiger partial charge < -0.3 is 20.4 Å².